The van der Waals surface area contributed by atoms with Gasteiger partial charge in [-0.15, -0.1) is 0 Å². The summed E-state index contributed by atoms with van der Waals surface area (Å²) in [5, 5.41) is 0. The lowest BCUT2D eigenvalue weighted by atomic mass is 10.1. The lowest BCUT2D eigenvalue weighted by Crippen LogP contribution is -2.10. The van der Waals surface area contributed by atoms with Crippen molar-refractivity contribution in [3.8, 4) is 0 Å². The normalized spacial score (nSPS) is 30.2. The van der Waals surface area contributed by atoms with Crippen LogP contribution >= 0.6 is 0 Å². The van der Waals surface area contributed by atoms with Crippen LogP contribution in [0.2, 0.25) is 0 Å². The highest BCUT2D eigenvalue weighted by atomic mass is 17.4. The van der Waals surface area contributed by atoms with Crippen molar-refractivity contribution in [3.05, 3.63) is 12.2 Å². The molecule has 0 atom stereocenters. The molecule has 1 aliphatic carbocycles. The van der Waals surface area contributed by atoms with Crippen LogP contribution in [0.25, 0.3) is 0 Å². The molecular formula is C8H12O2. The molecule has 1 saturated carbocycles. The second kappa shape index (κ2) is 2.07. The number of hydrogen-bond donors (Lipinski definition) is 0. The molecule has 0 unspecified atom stereocenters. The Hall–Kier alpha value is -0.340. The summed E-state index contributed by atoms with van der Waals surface area (Å²) in [6, 6.07) is 0. The molecular weight excluding hydrogens is 128 g/mol. The van der Waals surface area contributed by atoms with E-state index in [1.165, 1.54) is 19.3 Å². The molecule has 0 radical (unpaired) electrons. The van der Waals surface area contributed by atoms with E-state index in [4.69, 9.17) is 9.78 Å². The van der Waals surface area contributed by atoms with Crippen molar-refractivity contribution >= 4 is 0 Å². The van der Waals surface area contributed by atoms with Crippen LogP contribution in [0.5, 0.6) is 0 Å². The Morgan fingerprint density at radius 3 is 2.70 bits per heavy atom. The van der Waals surface area contributed by atoms with Gasteiger partial charge >= 0.3 is 0 Å². The Bertz CT molecular complexity index is 159. The molecule has 2 rings (SSSR count). The highest BCUT2D eigenvalue weighted by Gasteiger charge is 2.51. The van der Waals surface area contributed by atoms with Gasteiger partial charge in [-0.3, -0.25) is 0 Å². The van der Waals surface area contributed by atoms with Crippen LogP contribution in [0.3, 0.4) is 0 Å². The fourth-order valence-corrected chi connectivity index (χ4v) is 1.49. The second-order valence-electron chi connectivity index (χ2n) is 3.08. The first-order valence-electron chi connectivity index (χ1n) is 3.89. The van der Waals surface area contributed by atoms with Gasteiger partial charge in [-0.1, -0.05) is 13.0 Å². The van der Waals surface area contributed by atoms with Crippen LogP contribution in [0, 0.1) is 0 Å². The average Bonchev–Trinajstić information content (AvgIpc) is 2.69. The van der Waals surface area contributed by atoms with Crippen molar-refractivity contribution in [1.29, 1.82) is 0 Å². The molecule has 2 heteroatoms. The summed E-state index contributed by atoms with van der Waals surface area (Å²) in [5.74, 6) is -0.323. The molecule has 0 bridgehead atoms. The summed E-state index contributed by atoms with van der Waals surface area (Å²) in [6.45, 7) is 3.94. The van der Waals surface area contributed by atoms with Gasteiger partial charge in [-0.25, -0.2) is 0 Å². The third-order valence-electron chi connectivity index (χ3n) is 2.31. The van der Waals surface area contributed by atoms with Crippen LogP contribution in [-0.4, -0.2) is 5.79 Å². The van der Waals surface area contributed by atoms with Crippen LogP contribution < -0.4 is 0 Å². The van der Waals surface area contributed by atoms with Crippen LogP contribution in [0.4, 0.5) is 0 Å². The minimum atomic E-state index is -0.323. The van der Waals surface area contributed by atoms with E-state index in [-0.39, 0.29) is 5.79 Å². The first-order chi connectivity index (χ1) is 4.83. The number of rotatable bonds is 0. The quantitative estimate of drug-likeness (QED) is 0.292. The Balaban J connectivity index is 2.09. The van der Waals surface area contributed by atoms with Gasteiger partial charge in [0, 0.05) is 6.42 Å². The zero-order valence-electron chi connectivity index (χ0n) is 6.06. The molecule has 2 nitrogen and oxygen atoms in total. The lowest BCUT2D eigenvalue weighted by Gasteiger charge is -2.02. The van der Waals surface area contributed by atoms with E-state index in [0.29, 0.717) is 0 Å². The van der Waals surface area contributed by atoms with E-state index in [1.54, 1.807) is 0 Å². The van der Waals surface area contributed by atoms with Crippen molar-refractivity contribution in [3.63, 3.8) is 0 Å². The monoisotopic (exact) mass is 140 g/mol. The maximum Gasteiger partial charge on any atom is 0.255 e. The molecule has 0 aromatic heterocycles. The van der Waals surface area contributed by atoms with E-state index in [2.05, 4.69) is 6.58 Å². The number of hydrogen-bond acceptors (Lipinski definition) is 2. The summed E-state index contributed by atoms with van der Waals surface area (Å²) in [7, 11) is 0. The molecule has 0 aromatic carbocycles. The van der Waals surface area contributed by atoms with Gasteiger partial charge in [-0.05, 0) is 24.8 Å². The van der Waals surface area contributed by atoms with Gasteiger partial charge in [0.2, 0.25) is 0 Å². The summed E-state index contributed by atoms with van der Waals surface area (Å²) in [6.07, 6.45) is 5.81. The van der Waals surface area contributed by atoms with Gasteiger partial charge in [0.15, 0.2) is 0 Å². The summed E-state index contributed by atoms with van der Waals surface area (Å²) < 4.78 is 0. The SMILES string of the molecule is C=C1CCCCCC12OO2. The molecule has 2 aliphatic rings. The Kier molecular flexibility index (Phi) is 1.32. The maximum atomic E-state index is 4.93. The van der Waals surface area contributed by atoms with Crippen molar-refractivity contribution in [2.45, 2.75) is 37.9 Å². The van der Waals surface area contributed by atoms with Crippen LogP contribution in [0.1, 0.15) is 32.1 Å². The Morgan fingerprint density at radius 1 is 1.20 bits per heavy atom. The van der Waals surface area contributed by atoms with Gasteiger partial charge in [-0.2, -0.15) is 9.78 Å². The van der Waals surface area contributed by atoms with Crippen molar-refractivity contribution in [2.75, 3.05) is 0 Å². The fraction of sp³-hybridized carbons (Fsp3) is 0.750. The molecule has 1 spiro atoms. The standard InChI is InChI=1S/C8H12O2/c1-7-5-3-2-4-6-8(7)9-10-8/h1-6H2. The largest absolute Gasteiger partial charge is 0.255 e. The van der Waals surface area contributed by atoms with Gasteiger partial charge in [0.25, 0.3) is 5.79 Å². The van der Waals surface area contributed by atoms with E-state index >= 15 is 0 Å². The smallest absolute Gasteiger partial charge is 0.190 e. The van der Waals surface area contributed by atoms with Crippen LogP contribution in [-0.2, 0) is 9.78 Å². The van der Waals surface area contributed by atoms with Crippen LogP contribution in [0.15, 0.2) is 12.2 Å². The van der Waals surface area contributed by atoms with Gasteiger partial charge < -0.3 is 0 Å². The third-order valence-corrected chi connectivity index (χ3v) is 2.31. The Morgan fingerprint density at radius 2 is 2.00 bits per heavy atom. The third kappa shape index (κ3) is 0.879. The molecule has 1 saturated heterocycles. The molecule has 1 aliphatic heterocycles. The average molecular weight is 140 g/mol. The van der Waals surface area contributed by atoms with Crippen molar-refractivity contribution in [1.82, 2.24) is 0 Å². The first kappa shape index (κ1) is 6.38. The maximum absolute atomic E-state index is 4.93. The molecule has 56 valence electrons. The summed E-state index contributed by atoms with van der Waals surface area (Å²) in [4.78, 5) is 9.86. The highest BCUT2D eigenvalue weighted by molar-refractivity contribution is 5.12. The second-order valence-corrected chi connectivity index (χ2v) is 3.08. The minimum absolute atomic E-state index is 0.323. The molecule has 1 heterocycles. The molecule has 2 fully saturated rings. The summed E-state index contributed by atoms with van der Waals surface area (Å²) in [5.41, 5.74) is 1.13. The molecule has 10 heavy (non-hydrogen) atoms. The predicted octanol–water partition coefficient (Wildman–Crippen LogP) is 2.16. The molecule has 0 aromatic rings. The van der Waals surface area contributed by atoms with Crippen molar-refractivity contribution in [2.24, 2.45) is 0 Å². The Labute approximate surface area is 60.7 Å². The first-order valence-corrected chi connectivity index (χ1v) is 3.89. The molecule has 0 amide bonds. The zero-order chi connectivity index (χ0) is 7.03. The minimum Gasteiger partial charge on any atom is -0.190 e. The van der Waals surface area contributed by atoms with E-state index in [9.17, 15) is 0 Å². The van der Waals surface area contributed by atoms with Gasteiger partial charge in [0.1, 0.15) is 0 Å². The zero-order valence-corrected chi connectivity index (χ0v) is 6.06. The van der Waals surface area contributed by atoms with E-state index in [1.807, 2.05) is 0 Å². The summed E-state index contributed by atoms with van der Waals surface area (Å²) >= 11 is 0. The van der Waals surface area contributed by atoms with Gasteiger partial charge in [0.05, 0.1) is 0 Å². The molecule has 0 N–H and O–H groups in total. The topological polar surface area (TPSA) is 25.1 Å². The van der Waals surface area contributed by atoms with Crippen molar-refractivity contribution < 1.29 is 9.78 Å². The lowest BCUT2D eigenvalue weighted by molar-refractivity contribution is 0.0850. The van der Waals surface area contributed by atoms with E-state index < -0.39 is 0 Å². The highest BCUT2D eigenvalue weighted by Crippen LogP contribution is 2.44. The predicted molar refractivity (Wildman–Crippen MR) is 37.1 cm³/mol. The van der Waals surface area contributed by atoms with E-state index in [0.717, 1.165) is 18.4 Å². The fourth-order valence-electron chi connectivity index (χ4n) is 1.49.